The lowest BCUT2D eigenvalue weighted by atomic mass is 9.94. The molecule has 0 spiro atoms. The molecule has 0 aromatic rings. The molecule has 0 aliphatic carbocycles. The van der Waals surface area contributed by atoms with E-state index in [1.165, 1.54) is 0 Å². The van der Waals surface area contributed by atoms with Gasteiger partial charge in [0.25, 0.3) is 0 Å². The number of hydrogen-bond acceptors (Lipinski definition) is 2. The number of hydrogen-bond donors (Lipinski definition) is 1. The van der Waals surface area contributed by atoms with Gasteiger partial charge in [0.2, 0.25) is 11.8 Å². The van der Waals surface area contributed by atoms with Crippen LogP contribution in [0.1, 0.15) is 47.5 Å². The molecule has 1 heterocycles. The molecule has 17 heavy (non-hydrogen) atoms. The second-order valence-corrected chi connectivity index (χ2v) is 5.43. The van der Waals surface area contributed by atoms with Crippen molar-refractivity contribution in [3.05, 3.63) is 0 Å². The maximum Gasteiger partial charge on any atom is 0.248 e. The Kier molecular flexibility index (Phi) is 4.17. The summed E-state index contributed by atoms with van der Waals surface area (Å²) in [7, 11) is 0. The average Bonchev–Trinajstić information content (AvgIpc) is 2.27. The maximum absolute atomic E-state index is 12.3. The van der Waals surface area contributed by atoms with Gasteiger partial charge in [0.1, 0.15) is 11.6 Å². The van der Waals surface area contributed by atoms with Gasteiger partial charge in [0, 0.05) is 6.54 Å². The fourth-order valence-electron chi connectivity index (χ4n) is 2.21. The second-order valence-electron chi connectivity index (χ2n) is 5.43. The molecule has 1 unspecified atom stereocenters. The Morgan fingerprint density at radius 2 is 1.82 bits per heavy atom. The molecule has 1 atom stereocenters. The number of nitrogens with one attached hydrogen (secondary N) is 1. The molecule has 1 rings (SSSR count). The van der Waals surface area contributed by atoms with Gasteiger partial charge in [-0.2, -0.15) is 0 Å². The van der Waals surface area contributed by atoms with Crippen LogP contribution in [-0.2, 0) is 9.59 Å². The van der Waals surface area contributed by atoms with Gasteiger partial charge in [-0.05, 0) is 26.7 Å². The standard InChI is InChI=1S/C13H24N2O2/c1-6-10(7-2)8-15-9(3)11(16)14-13(4,5)12(15)17/h9-10H,6-8H2,1-5H3,(H,14,16). The Morgan fingerprint density at radius 1 is 1.29 bits per heavy atom. The molecule has 4 heteroatoms. The highest BCUT2D eigenvalue weighted by molar-refractivity contribution is 5.99. The summed E-state index contributed by atoms with van der Waals surface area (Å²) in [5.41, 5.74) is -0.768. The number of carbonyl (C=O) groups excluding carboxylic acids is 2. The van der Waals surface area contributed by atoms with Gasteiger partial charge in [-0.1, -0.05) is 26.7 Å². The molecule has 0 radical (unpaired) electrons. The van der Waals surface area contributed by atoms with E-state index in [2.05, 4.69) is 19.2 Å². The number of nitrogens with zero attached hydrogens (tertiary/aromatic N) is 1. The number of amides is 2. The largest absolute Gasteiger partial charge is 0.340 e. The molecule has 0 aromatic carbocycles. The Bertz CT molecular complexity index is 309. The van der Waals surface area contributed by atoms with Crippen LogP contribution in [0.25, 0.3) is 0 Å². The lowest BCUT2D eigenvalue weighted by Crippen LogP contribution is -2.67. The molecule has 0 saturated carbocycles. The molecule has 1 aliphatic heterocycles. The van der Waals surface area contributed by atoms with Crippen molar-refractivity contribution in [2.24, 2.45) is 5.92 Å². The third-order valence-electron chi connectivity index (χ3n) is 3.69. The van der Waals surface area contributed by atoms with Crippen molar-refractivity contribution in [1.29, 1.82) is 0 Å². The van der Waals surface area contributed by atoms with E-state index < -0.39 is 5.54 Å². The monoisotopic (exact) mass is 240 g/mol. The molecular formula is C13H24N2O2. The second kappa shape index (κ2) is 5.07. The third kappa shape index (κ3) is 2.79. The summed E-state index contributed by atoms with van der Waals surface area (Å²) in [5.74, 6) is 0.445. The Labute approximate surface area is 104 Å². The van der Waals surface area contributed by atoms with Gasteiger partial charge < -0.3 is 10.2 Å². The van der Waals surface area contributed by atoms with Crippen molar-refractivity contribution in [2.75, 3.05) is 6.54 Å². The first-order valence-electron chi connectivity index (χ1n) is 6.46. The van der Waals surface area contributed by atoms with Crippen molar-refractivity contribution >= 4 is 11.8 Å². The minimum absolute atomic E-state index is 0.0245. The molecule has 1 N–H and O–H groups in total. The SMILES string of the molecule is CCC(CC)CN1C(=O)C(C)(C)NC(=O)C1C. The highest BCUT2D eigenvalue weighted by atomic mass is 16.2. The van der Waals surface area contributed by atoms with Crippen LogP contribution in [0.4, 0.5) is 0 Å². The van der Waals surface area contributed by atoms with E-state index in [1.54, 1.807) is 25.7 Å². The zero-order valence-corrected chi connectivity index (χ0v) is 11.5. The zero-order chi connectivity index (χ0) is 13.2. The van der Waals surface area contributed by atoms with E-state index in [4.69, 9.17) is 0 Å². The summed E-state index contributed by atoms with van der Waals surface area (Å²) in [6.45, 7) is 10.3. The van der Waals surface area contributed by atoms with Crippen LogP contribution in [0, 0.1) is 5.92 Å². The van der Waals surface area contributed by atoms with Crippen molar-refractivity contribution in [1.82, 2.24) is 10.2 Å². The average molecular weight is 240 g/mol. The quantitative estimate of drug-likeness (QED) is 0.810. The van der Waals surface area contributed by atoms with Crippen molar-refractivity contribution < 1.29 is 9.59 Å². The first kappa shape index (κ1) is 14.0. The normalized spacial score (nSPS) is 24.1. The van der Waals surface area contributed by atoms with Gasteiger partial charge in [0.15, 0.2) is 0 Å². The van der Waals surface area contributed by atoms with E-state index in [1.807, 2.05) is 0 Å². The fraction of sp³-hybridized carbons (Fsp3) is 0.846. The van der Waals surface area contributed by atoms with Crippen molar-refractivity contribution in [3.63, 3.8) is 0 Å². The van der Waals surface area contributed by atoms with E-state index in [9.17, 15) is 9.59 Å². The van der Waals surface area contributed by atoms with Crippen LogP contribution < -0.4 is 5.32 Å². The molecule has 0 aromatic heterocycles. The molecule has 1 fully saturated rings. The van der Waals surface area contributed by atoms with Crippen LogP contribution in [0.3, 0.4) is 0 Å². The highest BCUT2D eigenvalue weighted by Crippen LogP contribution is 2.21. The first-order valence-corrected chi connectivity index (χ1v) is 6.46. The molecule has 1 aliphatic rings. The predicted molar refractivity (Wildman–Crippen MR) is 67.5 cm³/mol. The van der Waals surface area contributed by atoms with E-state index in [0.29, 0.717) is 12.5 Å². The lowest BCUT2D eigenvalue weighted by molar-refractivity contribution is -0.153. The Hall–Kier alpha value is -1.06. The van der Waals surface area contributed by atoms with Crippen LogP contribution in [0.5, 0.6) is 0 Å². The van der Waals surface area contributed by atoms with Crippen molar-refractivity contribution in [3.8, 4) is 0 Å². The fourth-order valence-corrected chi connectivity index (χ4v) is 2.21. The number of carbonyl (C=O) groups is 2. The van der Waals surface area contributed by atoms with Crippen LogP contribution >= 0.6 is 0 Å². The Balaban J connectivity index is 2.86. The Morgan fingerprint density at radius 3 is 2.29 bits per heavy atom. The zero-order valence-electron chi connectivity index (χ0n) is 11.5. The third-order valence-corrected chi connectivity index (χ3v) is 3.69. The number of piperazine rings is 1. The molecule has 2 amide bonds. The van der Waals surface area contributed by atoms with Crippen molar-refractivity contribution in [2.45, 2.75) is 59.0 Å². The molecule has 0 bridgehead atoms. The summed E-state index contributed by atoms with van der Waals surface area (Å²) < 4.78 is 0. The van der Waals surface area contributed by atoms with E-state index in [-0.39, 0.29) is 17.9 Å². The lowest BCUT2D eigenvalue weighted by Gasteiger charge is -2.42. The summed E-state index contributed by atoms with van der Waals surface area (Å²) in [6, 6.07) is -0.351. The van der Waals surface area contributed by atoms with Crippen LogP contribution in [-0.4, -0.2) is 34.8 Å². The molecular weight excluding hydrogens is 216 g/mol. The summed E-state index contributed by atoms with van der Waals surface area (Å²) in [6.07, 6.45) is 2.07. The van der Waals surface area contributed by atoms with E-state index in [0.717, 1.165) is 12.8 Å². The maximum atomic E-state index is 12.3. The summed E-state index contributed by atoms with van der Waals surface area (Å²) >= 11 is 0. The highest BCUT2D eigenvalue weighted by Gasteiger charge is 2.43. The van der Waals surface area contributed by atoms with Gasteiger partial charge in [-0.25, -0.2) is 0 Å². The topological polar surface area (TPSA) is 49.4 Å². The van der Waals surface area contributed by atoms with E-state index >= 15 is 0 Å². The van der Waals surface area contributed by atoms with Gasteiger partial charge in [-0.3, -0.25) is 9.59 Å². The molecule has 1 saturated heterocycles. The first-order chi connectivity index (χ1) is 7.83. The smallest absolute Gasteiger partial charge is 0.248 e. The summed E-state index contributed by atoms with van der Waals surface area (Å²) in [4.78, 5) is 25.8. The van der Waals surface area contributed by atoms with Gasteiger partial charge in [-0.15, -0.1) is 0 Å². The van der Waals surface area contributed by atoms with Crippen LogP contribution in [0.2, 0.25) is 0 Å². The molecule has 98 valence electrons. The van der Waals surface area contributed by atoms with Gasteiger partial charge in [0.05, 0.1) is 0 Å². The minimum atomic E-state index is -0.768. The minimum Gasteiger partial charge on any atom is -0.340 e. The molecule has 4 nitrogen and oxygen atoms in total. The van der Waals surface area contributed by atoms with Gasteiger partial charge >= 0.3 is 0 Å². The van der Waals surface area contributed by atoms with Crippen LogP contribution in [0.15, 0.2) is 0 Å². The summed E-state index contributed by atoms with van der Waals surface area (Å²) in [5, 5.41) is 2.76. The number of rotatable bonds is 4. The predicted octanol–water partition coefficient (Wildman–Crippen LogP) is 1.55.